The third kappa shape index (κ3) is 8.23. The molecular formula is C38H56Br2N4O2. The van der Waals surface area contributed by atoms with E-state index in [4.69, 9.17) is 0 Å². The van der Waals surface area contributed by atoms with E-state index < -0.39 is 0 Å². The number of benzene rings is 2. The lowest BCUT2D eigenvalue weighted by Crippen LogP contribution is -3.00. The molecule has 0 aromatic heterocycles. The summed E-state index contributed by atoms with van der Waals surface area (Å²) in [6, 6.07) is 20.1. The predicted octanol–water partition coefficient (Wildman–Crippen LogP) is 0.815. The van der Waals surface area contributed by atoms with Crippen LogP contribution in [0.1, 0.15) is 78.4 Å². The normalized spacial score (nSPS) is 15.0. The van der Waals surface area contributed by atoms with Crippen molar-refractivity contribution >= 4 is 23.2 Å². The van der Waals surface area contributed by atoms with Gasteiger partial charge in [-0.1, -0.05) is 60.7 Å². The fourth-order valence-corrected chi connectivity index (χ4v) is 7.34. The summed E-state index contributed by atoms with van der Waals surface area (Å²) in [5, 5.41) is 0. The molecule has 0 radical (unpaired) electrons. The Morgan fingerprint density at radius 2 is 0.783 bits per heavy atom. The van der Waals surface area contributed by atoms with Gasteiger partial charge in [0.05, 0.1) is 74.9 Å². The highest BCUT2D eigenvalue weighted by atomic mass is 79.9. The molecule has 254 valence electrons. The topological polar surface area (TPSA) is 40.6 Å². The fraction of sp³-hybridized carbons (Fsp3) is 0.526. The van der Waals surface area contributed by atoms with Crippen LogP contribution in [0, 0.1) is 0 Å². The summed E-state index contributed by atoms with van der Waals surface area (Å²) < 4.78 is 2.21. The molecule has 4 rings (SSSR count). The van der Waals surface area contributed by atoms with Crippen molar-refractivity contribution in [3.63, 3.8) is 0 Å². The maximum Gasteiger partial charge on any atom is 0.261 e. The molecule has 2 aliphatic heterocycles. The van der Waals surface area contributed by atoms with E-state index in [0.29, 0.717) is 24.2 Å². The number of carbonyl (C=O) groups is 2. The third-order valence-electron chi connectivity index (χ3n) is 10.8. The number of hydrogen-bond acceptors (Lipinski definition) is 2. The van der Waals surface area contributed by atoms with Crippen molar-refractivity contribution in [3.8, 4) is 0 Å². The first-order valence-electron chi connectivity index (χ1n) is 17.3. The zero-order chi connectivity index (χ0) is 31.7. The average Bonchev–Trinajstić information content (AvgIpc) is 3.52. The number of nitrogens with zero attached hydrogens (tertiary/aromatic N) is 4. The molecule has 2 amide bonds. The van der Waals surface area contributed by atoms with Crippen LogP contribution in [0.2, 0.25) is 0 Å². The summed E-state index contributed by atoms with van der Waals surface area (Å²) in [5.41, 5.74) is 4.61. The average molecular weight is 761 g/mol. The van der Waals surface area contributed by atoms with Crippen LogP contribution >= 0.6 is 0 Å². The lowest BCUT2D eigenvalue weighted by Gasteiger charge is -2.36. The van der Waals surface area contributed by atoms with E-state index in [-0.39, 0.29) is 45.8 Å². The van der Waals surface area contributed by atoms with Gasteiger partial charge in [-0.3, -0.25) is 9.59 Å². The summed E-state index contributed by atoms with van der Waals surface area (Å²) >= 11 is 0. The zero-order valence-electron chi connectivity index (χ0n) is 29.0. The van der Waals surface area contributed by atoms with Crippen LogP contribution in [0.15, 0.2) is 71.8 Å². The molecule has 0 saturated carbocycles. The van der Waals surface area contributed by atoms with Crippen molar-refractivity contribution in [1.29, 1.82) is 0 Å². The van der Waals surface area contributed by atoms with E-state index in [1.165, 1.54) is 0 Å². The number of quaternary nitrogens is 2. The molecule has 0 spiro atoms. The van der Waals surface area contributed by atoms with Crippen LogP contribution in [0.25, 0.3) is 11.4 Å². The Morgan fingerprint density at radius 3 is 1.07 bits per heavy atom. The summed E-state index contributed by atoms with van der Waals surface area (Å²) in [6.45, 7) is 23.9. The fourth-order valence-electron chi connectivity index (χ4n) is 7.34. The highest BCUT2D eigenvalue weighted by Crippen LogP contribution is 2.46. The second-order valence-corrected chi connectivity index (χ2v) is 12.5. The minimum Gasteiger partial charge on any atom is -1.00 e. The number of hydrogen-bond donors (Lipinski definition) is 0. The van der Waals surface area contributed by atoms with E-state index in [9.17, 15) is 9.59 Å². The van der Waals surface area contributed by atoms with E-state index >= 15 is 0 Å². The summed E-state index contributed by atoms with van der Waals surface area (Å²) in [6.07, 6.45) is 3.92. The molecule has 2 aliphatic rings. The Hall–Kier alpha value is -2.26. The van der Waals surface area contributed by atoms with Crippen LogP contribution in [-0.2, 0) is 9.59 Å². The van der Waals surface area contributed by atoms with Gasteiger partial charge in [0, 0.05) is 13.1 Å². The second-order valence-electron chi connectivity index (χ2n) is 12.5. The maximum absolute atomic E-state index is 14.4. The molecule has 0 atom stereocenters. The SMILES string of the molecule is CC[N+](CC)(CC)CCCCN1C(=O)C2=C(c3ccccc3)N(CCCC[N+](CC)(CC)CC)C(=O)C2=C1c1ccccc1.[Br-].[Br-]. The lowest BCUT2D eigenvalue weighted by atomic mass is 10.0. The Kier molecular flexibility index (Phi) is 15.9. The van der Waals surface area contributed by atoms with Gasteiger partial charge in [-0.05, 0) is 78.4 Å². The Bertz CT molecular complexity index is 1210. The molecule has 2 aromatic carbocycles. The maximum atomic E-state index is 14.4. The molecule has 6 nitrogen and oxygen atoms in total. The summed E-state index contributed by atoms with van der Waals surface area (Å²) in [4.78, 5) is 32.7. The van der Waals surface area contributed by atoms with Crippen molar-refractivity contribution in [2.24, 2.45) is 0 Å². The minimum atomic E-state index is -0.0329. The van der Waals surface area contributed by atoms with Gasteiger partial charge in [0.25, 0.3) is 11.8 Å². The molecule has 2 heterocycles. The zero-order valence-corrected chi connectivity index (χ0v) is 32.2. The van der Waals surface area contributed by atoms with Gasteiger partial charge in [-0.25, -0.2) is 0 Å². The smallest absolute Gasteiger partial charge is 0.261 e. The molecule has 0 unspecified atom stereocenters. The molecule has 46 heavy (non-hydrogen) atoms. The molecule has 0 saturated heterocycles. The van der Waals surface area contributed by atoms with Crippen molar-refractivity contribution in [2.75, 3.05) is 65.4 Å². The van der Waals surface area contributed by atoms with Crippen LogP contribution in [-0.4, -0.2) is 96.0 Å². The number of carbonyl (C=O) groups excluding carboxylic acids is 2. The highest BCUT2D eigenvalue weighted by Gasteiger charge is 2.48. The van der Waals surface area contributed by atoms with Gasteiger partial charge >= 0.3 is 0 Å². The van der Waals surface area contributed by atoms with Crippen molar-refractivity contribution in [1.82, 2.24) is 9.80 Å². The van der Waals surface area contributed by atoms with Crippen molar-refractivity contribution < 1.29 is 52.5 Å². The monoisotopic (exact) mass is 758 g/mol. The van der Waals surface area contributed by atoms with Crippen LogP contribution in [0.4, 0.5) is 0 Å². The summed E-state index contributed by atoms with van der Waals surface area (Å²) in [7, 11) is 0. The first-order chi connectivity index (χ1) is 21.3. The van der Waals surface area contributed by atoms with Gasteiger partial charge < -0.3 is 52.7 Å². The number of fused-ring (bicyclic) bond motifs is 1. The van der Waals surface area contributed by atoms with Gasteiger partial charge in [0.1, 0.15) is 0 Å². The molecular weight excluding hydrogens is 704 g/mol. The van der Waals surface area contributed by atoms with E-state index in [2.05, 4.69) is 41.5 Å². The van der Waals surface area contributed by atoms with Crippen LogP contribution in [0.3, 0.4) is 0 Å². The number of halogens is 2. The van der Waals surface area contributed by atoms with Crippen LogP contribution < -0.4 is 34.0 Å². The summed E-state index contributed by atoms with van der Waals surface area (Å²) in [5.74, 6) is -0.0659. The predicted molar refractivity (Wildman–Crippen MR) is 182 cm³/mol. The first-order valence-corrected chi connectivity index (χ1v) is 17.3. The number of unbranched alkanes of at least 4 members (excludes halogenated alkanes) is 2. The molecule has 0 aliphatic carbocycles. The molecule has 0 fully saturated rings. The second kappa shape index (κ2) is 18.3. The highest BCUT2D eigenvalue weighted by molar-refractivity contribution is 6.30. The van der Waals surface area contributed by atoms with E-state index in [1.54, 1.807) is 0 Å². The third-order valence-corrected chi connectivity index (χ3v) is 10.8. The number of amides is 2. The quantitative estimate of drug-likeness (QED) is 0.167. The van der Waals surface area contributed by atoms with Gasteiger partial charge in [0.15, 0.2) is 0 Å². The number of rotatable bonds is 18. The Balaban J connectivity index is 0.00000368. The molecule has 2 aromatic rings. The van der Waals surface area contributed by atoms with E-state index in [1.807, 2.05) is 70.5 Å². The Labute approximate surface area is 299 Å². The molecule has 0 N–H and O–H groups in total. The van der Waals surface area contributed by atoms with E-state index in [0.717, 1.165) is 110 Å². The van der Waals surface area contributed by atoms with Gasteiger partial charge in [-0.15, -0.1) is 0 Å². The van der Waals surface area contributed by atoms with Crippen LogP contribution in [0.5, 0.6) is 0 Å². The Morgan fingerprint density at radius 1 is 0.478 bits per heavy atom. The largest absolute Gasteiger partial charge is 1.00 e. The lowest BCUT2D eigenvalue weighted by molar-refractivity contribution is -0.923. The first kappa shape index (κ1) is 39.9. The standard InChI is InChI=1S/C38H56N4O2.2BrH/c1-7-41(8-2,9-3)29-21-19-27-39-35(31-23-15-13-16-24-31)33-34(37(39)43)36(32-25-17-14-18-26-32)40(38(33)44)28-20-22-30-42(10-4,11-5)12-6;;/h13-18,23-26H,7-12,19-22,27-30H2,1-6H3;2*1H/q+2;;/p-2. The van der Waals surface area contributed by atoms with Gasteiger partial charge in [-0.2, -0.15) is 0 Å². The molecule has 8 heteroatoms. The van der Waals surface area contributed by atoms with Crippen molar-refractivity contribution in [3.05, 3.63) is 82.9 Å². The van der Waals surface area contributed by atoms with Crippen molar-refractivity contribution in [2.45, 2.75) is 67.2 Å². The van der Waals surface area contributed by atoms with Gasteiger partial charge in [0.2, 0.25) is 0 Å². The molecule has 0 bridgehead atoms. The minimum absolute atomic E-state index is 0.